The number of rotatable bonds is 3. The number of halogens is 2. The van der Waals surface area contributed by atoms with Gasteiger partial charge >= 0.3 is 0 Å². The monoisotopic (exact) mass is 256 g/mol. The lowest BCUT2D eigenvalue weighted by molar-refractivity contribution is -0.118. The Labute approximate surface area is 104 Å². The van der Waals surface area contributed by atoms with Crippen molar-refractivity contribution < 1.29 is 9.18 Å². The molecule has 0 aliphatic heterocycles. The highest BCUT2D eigenvalue weighted by Gasteiger charge is 2.34. The Hall–Kier alpha value is -1.13. The zero-order chi connectivity index (χ0) is 12.5. The maximum absolute atomic E-state index is 13.4. The van der Waals surface area contributed by atoms with E-state index in [0.717, 1.165) is 19.3 Å². The van der Waals surface area contributed by atoms with Crippen molar-refractivity contribution >= 4 is 23.2 Å². The highest BCUT2D eigenvalue weighted by molar-refractivity contribution is 6.33. The summed E-state index contributed by atoms with van der Waals surface area (Å²) in [4.78, 5) is 11.7. The number of benzene rings is 1. The second kappa shape index (κ2) is 4.63. The molecule has 1 aliphatic rings. The fourth-order valence-electron chi connectivity index (χ4n) is 1.93. The molecule has 5 heteroatoms. The second-order valence-corrected chi connectivity index (χ2v) is 4.94. The summed E-state index contributed by atoms with van der Waals surface area (Å²) in [6, 6.07) is 4.27. The van der Waals surface area contributed by atoms with E-state index in [0.29, 0.717) is 0 Å². The number of carbonyl (C=O) groups is 1. The minimum Gasteiger partial charge on any atom is -0.325 e. The molecule has 0 heterocycles. The molecule has 17 heavy (non-hydrogen) atoms. The van der Waals surface area contributed by atoms with Crippen LogP contribution in [0, 0.1) is 5.82 Å². The predicted molar refractivity (Wildman–Crippen MR) is 65.4 cm³/mol. The molecule has 0 aromatic heterocycles. The average molecular weight is 257 g/mol. The Bertz CT molecular complexity index is 426. The summed E-state index contributed by atoms with van der Waals surface area (Å²) in [6.45, 7) is 0. The molecule has 2 rings (SSSR count). The third kappa shape index (κ3) is 2.76. The molecule has 3 nitrogen and oxygen atoms in total. The van der Waals surface area contributed by atoms with Gasteiger partial charge in [-0.05, 0) is 31.4 Å². The lowest BCUT2D eigenvalue weighted by atomic mass is 9.75. The summed E-state index contributed by atoms with van der Waals surface area (Å²) in [6.07, 6.45) is 2.93. The zero-order valence-corrected chi connectivity index (χ0v) is 10.1. The summed E-state index contributed by atoms with van der Waals surface area (Å²) in [7, 11) is 0. The van der Waals surface area contributed by atoms with Gasteiger partial charge in [0.15, 0.2) is 0 Å². The van der Waals surface area contributed by atoms with Crippen LogP contribution in [0.5, 0.6) is 0 Å². The molecule has 1 aromatic carbocycles. The van der Waals surface area contributed by atoms with Crippen LogP contribution in [0.15, 0.2) is 18.2 Å². The number of amides is 1. The SMILES string of the molecule is NC1(CC(=O)Nc2c(F)cccc2Cl)CCC1. The number of carbonyl (C=O) groups excluding carboxylic acids is 1. The summed E-state index contributed by atoms with van der Waals surface area (Å²) in [5, 5.41) is 2.67. The largest absolute Gasteiger partial charge is 0.325 e. The number of nitrogens with two attached hydrogens (primary N) is 1. The lowest BCUT2D eigenvalue weighted by Gasteiger charge is -2.37. The third-order valence-corrected chi connectivity index (χ3v) is 3.40. The van der Waals surface area contributed by atoms with Crippen molar-refractivity contribution in [3.05, 3.63) is 29.0 Å². The first-order valence-corrected chi connectivity index (χ1v) is 5.91. The normalized spacial score (nSPS) is 17.4. The van der Waals surface area contributed by atoms with E-state index in [2.05, 4.69) is 5.32 Å². The van der Waals surface area contributed by atoms with Crippen LogP contribution < -0.4 is 11.1 Å². The number of nitrogens with one attached hydrogen (secondary N) is 1. The fourth-order valence-corrected chi connectivity index (χ4v) is 2.14. The smallest absolute Gasteiger partial charge is 0.226 e. The maximum Gasteiger partial charge on any atom is 0.226 e. The molecule has 0 spiro atoms. The van der Waals surface area contributed by atoms with Crippen molar-refractivity contribution in [1.29, 1.82) is 0 Å². The summed E-state index contributed by atoms with van der Waals surface area (Å²) in [5.41, 5.74) is 5.56. The van der Waals surface area contributed by atoms with Crippen molar-refractivity contribution in [2.45, 2.75) is 31.2 Å². The van der Waals surface area contributed by atoms with E-state index >= 15 is 0 Å². The molecular formula is C12H14ClFN2O. The van der Waals surface area contributed by atoms with Crippen LogP contribution in [-0.2, 0) is 4.79 Å². The standard InChI is InChI=1S/C12H14ClFN2O/c13-8-3-1-4-9(14)11(8)16-10(17)7-12(15)5-2-6-12/h1,3-4H,2,5-7,15H2,(H,16,17). The maximum atomic E-state index is 13.4. The quantitative estimate of drug-likeness (QED) is 0.874. The van der Waals surface area contributed by atoms with E-state index in [1.165, 1.54) is 18.2 Å². The van der Waals surface area contributed by atoms with Gasteiger partial charge in [-0.25, -0.2) is 4.39 Å². The fraction of sp³-hybridized carbons (Fsp3) is 0.417. The van der Waals surface area contributed by atoms with Crippen LogP contribution in [-0.4, -0.2) is 11.4 Å². The minimum absolute atomic E-state index is 0.0297. The first-order chi connectivity index (χ1) is 8.00. The second-order valence-electron chi connectivity index (χ2n) is 4.54. The molecule has 3 N–H and O–H groups in total. The Kier molecular flexibility index (Phi) is 3.35. The van der Waals surface area contributed by atoms with E-state index < -0.39 is 11.4 Å². The van der Waals surface area contributed by atoms with Crippen molar-refractivity contribution in [3.63, 3.8) is 0 Å². The first-order valence-electron chi connectivity index (χ1n) is 5.53. The lowest BCUT2D eigenvalue weighted by Crippen LogP contribution is -2.49. The predicted octanol–water partition coefficient (Wildman–Crippen LogP) is 2.69. The molecule has 1 saturated carbocycles. The molecule has 0 radical (unpaired) electrons. The Balaban J connectivity index is 2.03. The van der Waals surface area contributed by atoms with Gasteiger partial charge < -0.3 is 11.1 Å². The number of hydrogen-bond donors (Lipinski definition) is 2. The van der Waals surface area contributed by atoms with Crippen LogP contribution in [0.4, 0.5) is 10.1 Å². The highest BCUT2D eigenvalue weighted by Crippen LogP contribution is 2.33. The van der Waals surface area contributed by atoms with Gasteiger partial charge in [0, 0.05) is 12.0 Å². The molecular weight excluding hydrogens is 243 g/mol. The van der Waals surface area contributed by atoms with Gasteiger partial charge in [0.25, 0.3) is 0 Å². The Morgan fingerprint density at radius 2 is 2.24 bits per heavy atom. The van der Waals surface area contributed by atoms with Crippen molar-refractivity contribution in [3.8, 4) is 0 Å². The molecule has 0 unspecified atom stereocenters. The molecule has 1 fully saturated rings. The molecule has 0 saturated heterocycles. The summed E-state index contributed by atoms with van der Waals surface area (Å²) in [5.74, 6) is -0.829. The molecule has 0 atom stereocenters. The highest BCUT2D eigenvalue weighted by atomic mass is 35.5. The number of hydrogen-bond acceptors (Lipinski definition) is 2. The van der Waals surface area contributed by atoms with Crippen LogP contribution >= 0.6 is 11.6 Å². The van der Waals surface area contributed by atoms with E-state index in [1.807, 2.05) is 0 Å². The Morgan fingerprint density at radius 1 is 1.53 bits per heavy atom. The topological polar surface area (TPSA) is 55.1 Å². The van der Waals surface area contributed by atoms with Crippen LogP contribution in [0.25, 0.3) is 0 Å². The van der Waals surface area contributed by atoms with Gasteiger partial charge in [0.05, 0.1) is 10.7 Å². The van der Waals surface area contributed by atoms with Gasteiger partial charge in [-0.1, -0.05) is 17.7 Å². The van der Waals surface area contributed by atoms with Gasteiger partial charge in [-0.2, -0.15) is 0 Å². The molecule has 1 amide bonds. The molecule has 1 aromatic rings. The van der Waals surface area contributed by atoms with E-state index in [4.69, 9.17) is 17.3 Å². The van der Waals surface area contributed by atoms with Crippen LogP contribution in [0.3, 0.4) is 0 Å². The van der Waals surface area contributed by atoms with Crippen molar-refractivity contribution in [2.24, 2.45) is 5.73 Å². The van der Waals surface area contributed by atoms with Gasteiger partial charge in [0.1, 0.15) is 5.82 Å². The van der Waals surface area contributed by atoms with Crippen LogP contribution in [0.1, 0.15) is 25.7 Å². The third-order valence-electron chi connectivity index (χ3n) is 3.09. The van der Waals surface area contributed by atoms with Crippen molar-refractivity contribution in [2.75, 3.05) is 5.32 Å². The van der Waals surface area contributed by atoms with Gasteiger partial charge in [0.2, 0.25) is 5.91 Å². The number of anilines is 1. The first kappa shape index (κ1) is 12.3. The molecule has 0 bridgehead atoms. The van der Waals surface area contributed by atoms with E-state index in [9.17, 15) is 9.18 Å². The Morgan fingerprint density at radius 3 is 2.76 bits per heavy atom. The number of para-hydroxylation sites is 1. The summed E-state index contributed by atoms with van der Waals surface area (Å²) >= 11 is 5.81. The van der Waals surface area contributed by atoms with E-state index in [1.54, 1.807) is 0 Å². The average Bonchev–Trinajstić information content (AvgIpc) is 2.21. The van der Waals surface area contributed by atoms with Gasteiger partial charge in [-0.15, -0.1) is 0 Å². The summed E-state index contributed by atoms with van der Waals surface area (Å²) < 4.78 is 13.4. The molecule has 92 valence electrons. The van der Waals surface area contributed by atoms with Crippen LogP contribution in [0.2, 0.25) is 5.02 Å². The minimum atomic E-state index is -0.537. The van der Waals surface area contributed by atoms with Gasteiger partial charge in [-0.3, -0.25) is 4.79 Å². The van der Waals surface area contributed by atoms with E-state index in [-0.39, 0.29) is 23.0 Å². The zero-order valence-electron chi connectivity index (χ0n) is 9.30. The molecule has 1 aliphatic carbocycles. The van der Waals surface area contributed by atoms with Crippen molar-refractivity contribution in [1.82, 2.24) is 0 Å².